The second-order valence-corrected chi connectivity index (χ2v) is 4.42. The maximum absolute atomic E-state index is 11.2. The van der Waals surface area contributed by atoms with Crippen molar-refractivity contribution in [2.75, 3.05) is 0 Å². The maximum Gasteiger partial charge on any atom is 0.128 e. The van der Waals surface area contributed by atoms with Gasteiger partial charge in [0.25, 0.3) is 0 Å². The number of aliphatic hydroxyl groups excluding tert-OH is 2. The molecule has 2 atom stereocenters. The zero-order valence-electron chi connectivity index (χ0n) is 10.4. The van der Waals surface area contributed by atoms with E-state index in [1.165, 1.54) is 0 Å². The zero-order valence-corrected chi connectivity index (χ0v) is 10.4. The zero-order chi connectivity index (χ0) is 13.7. The van der Waals surface area contributed by atoms with E-state index in [-0.39, 0.29) is 0 Å². The largest absolute Gasteiger partial charge is 0.388 e. The van der Waals surface area contributed by atoms with Crippen molar-refractivity contribution in [3.63, 3.8) is 0 Å². The van der Waals surface area contributed by atoms with Crippen LogP contribution in [0, 0.1) is 5.92 Å². The van der Waals surface area contributed by atoms with Crippen molar-refractivity contribution < 1.29 is 15.0 Å². The molecule has 19 heavy (non-hydrogen) atoms. The topological polar surface area (TPSA) is 57.5 Å². The molecule has 0 spiro atoms. The molecule has 0 saturated heterocycles. The van der Waals surface area contributed by atoms with Crippen LogP contribution < -0.4 is 0 Å². The van der Waals surface area contributed by atoms with Gasteiger partial charge in [0.15, 0.2) is 0 Å². The van der Waals surface area contributed by atoms with Crippen LogP contribution in [0.25, 0.3) is 0 Å². The monoisotopic (exact) mass is 256 g/mol. The summed E-state index contributed by atoms with van der Waals surface area (Å²) in [5.74, 6) is -0.884. The minimum Gasteiger partial charge on any atom is -0.388 e. The average Bonchev–Trinajstić information content (AvgIpc) is 2.49. The smallest absolute Gasteiger partial charge is 0.128 e. The predicted octanol–water partition coefficient (Wildman–Crippen LogP) is 2.27. The number of hydrogen-bond donors (Lipinski definition) is 2. The van der Waals surface area contributed by atoms with Crippen molar-refractivity contribution >= 4 is 6.29 Å². The molecule has 3 nitrogen and oxygen atoms in total. The third kappa shape index (κ3) is 3.08. The molecule has 0 aliphatic heterocycles. The molecule has 0 aromatic heterocycles. The first-order valence-corrected chi connectivity index (χ1v) is 6.15. The quantitative estimate of drug-likeness (QED) is 0.807. The number of hydrogen-bond acceptors (Lipinski definition) is 3. The molecule has 0 bridgehead atoms. The van der Waals surface area contributed by atoms with Gasteiger partial charge < -0.3 is 15.0 Å². The predicted molar refractivity (Wildman–Crippen MR) is 72.4 cm³/mol. The molecule has 0 amide bonds. The van der Waals surface area contributed by atoms with E-state index in [1.54, 1.807) is 48.5 Å². The lowest BCUT2D eigenvalue weighted by Gasteiger charge is -2.23. The molecular weight excluding hydrogens is 240 g/mol. The van der Waals surface area contributed by atoms with Crippen LogP contribution in [-0.2, 0) is 4.79 Å². The molecule has 0 aliphatic rings. The molecule has 3 heteroatoms. The average molecular weight is 256 g/mol. The van der Waals surface area contributed by atoms with Gasteiger partial charge in [-0.2, -0.15) is 0 Å². The standard InChI is InChI=1S/C16H16O3/c17-11-14(15(18)12-7-3-1-4-8-12)16(19)13-9-5-2-6-10-13/h1-11,14-16,18-19H/t15-,16-/m1/s1. The van der Waals surface area contributed by atoms with E-state index in [4.69, 9.17) is 0 Å². The van der Waals surface area contributed by atoms with Crippen LogP contribution in [0.2, 0.25) is 0 Å². The molecule has 0 aliphatic carbocycles. The normalized spacial score (nSPS) is 14.1. The van der Waals surface area contributed by atoms with Gasteiger partial charge >= 0.3 is 0 Å². The maximum atomic E-state index is 11.2. The Labute approximate surface area is 112 Å². The SMILES string of the molecule is O=CC([C@H](O)c1ccccc1)[C@H](O)c1ccccc1. The Balaban J connectivity index is 2.23. The van der Waals surface area contributed by atoms with E-state index in [9.17, 15) is 15.0 Å². The van der Waals surface area contributed by atoms with Gasteiger partial charge in [-0.05, 0) is 11.1 Å². The van der Waals surface area contributed by atoms with Crippen LogP contribution in [0.3, 0.4) is 0 Å². The first-order valence-electron chi connectivity index (χ1n) is 6.15. The highest BCUT2D eigenvalue weighted by Crippen LogP contribution is 2.31. The van der Waals surface area contributed by atoms with Crippen LogP contribution in [0.15, 0.2) is 60.7 Å². The number of carbonyl (C=O) groups excluding carboxylic acids is 1. The van der Waals surface area contributed by atoms with Gasteiger partial charge in [-0.3, -0.25) is 0 Å². The summed E-state index contributed by atoms with van der Waals surface area (Å²) in [7, 11) is 0. The Morgan fingerprint density at radius 1 is 0.737 bits per heavy atom. The molecule has 0 radical (unpaired) electrons. The summed E-state index contributed by atoms with van der Waals surface area (Å²) < 4.78 is 0. The van der Waals surface area contributed by atoms with Gasteiger partial charge in [0, 0.05) is 0 Å². The van der Waals surface area contributed by atoms with Crippen molar-refractivity contribution in [2.24, 2.45) is 5.92 Å². The van der Waals surface area contributed by atoms with Crippen molar-refractivity contribution in [1.82, 2.24) is 0 Å². The molecule has 2 N–H and O–H groups in total. The molecule has 2 aromatic rings. The van der Waals surface area contributed by atoms with Crippen LogP contribution in [0.4, 0.5) is 0 Å². The summed E-state index contributed by atoms with van der Waals surface area (Å²) in [5.41, 5.74) is 1.24. The summed E-state index contributed by atoms with van der Waals surface area (Å²) in [6.45, 7) is 0. The van der Waals surface area contributed by atoms with Crippen molar-refractivity contribution in [2.45, 2.75) is 12.2 Å². The molecule has 98 valence electrons. The van der Waals surface area contributed by atoms with E-state index >= 15 is 0 Å². The highest BCUT2D eigenvalue weighted by Gasteiger charge is 2.28. The molecular formula is C16H16O3. The van der Waals surface area contributed by atoms with Gasteiger partial charge in [-0.25, -0.2) is 0 Å². The van der Waals surface area contributed by atoms with Crippen LogP contribution in [-0.4, -0.2) is 16.5 Å². The Bertz CT molecular complexity index is 465. The molecule has 0 unspecified atom stereocenters. The lowest BCUT2D eigenvalue weighted by atomic mass is 9.88. The third-order valence-electron chi connectivity index (χ3n) is 3.17. The molecule has 0 saturated carbocycles. The van der Waals surface area contributed by atoms with Crippen molar-refractivity contribution in [1.29, 1.82) is 0 Å². The number of benzene rings is 2. The highest BCUT2D eigenvalue weighted by molar-refractivity contribution is 5.57. The second kappa shape index (κ2) is 6.27. The summed E-state index contributed by atoms with van der Waals surface area (Å²) in [6, 6.07) is 17.8. The summed E-state index contributed by atoms with van der Waals surface area (Å²) in [4.78, 5) is 11.2. The lowest BCUT2D eigenvalue weighted by molar-refractivity contribution is -0.119. The number of rotatable bonds is 5. The summed E-state index contributed by atoms with van der Waals surface area (Å²) >= 11 is 0. The fourth-order valence-corrected chi connectivity index (χ4v) is 2.07. The minimum absolute atomic E-state index is 0.606. The fourth-order valence-electron chi connectivity index (χ4n) is 2.07. The fraction of sp³-hybridized carbons (Fsp3) is 0.188. The van der Waals surface area contributed by atoms with Crippen molar-refractivity contribution in [3.05, 3.63) is 71.8 Å². The number of aliphatic hydroxyl groups is 2. The first kappa shape index (κ1) is 13.5. The van der Waals surface area contributed by atoms with Crippen LogP contribution in [0.5, 0.6) is 0 Å². The van der Waals surface area contributed by atoms with E-state index < -0.39 is 18.1 Å². The van der Waals surface area contributed by atoms with Gasteiger partial charge in [-0.15, -0.1) is 0 Å². The van der Waals surface area contributed by atoms with Crippen molar-refractivity contribution in [3.8, 4) is 0 Å². The van der Waals surface area contributed by atoms with E-state index in [0.717, 1.165) is 0 Å². The second-order valence-electron chi connectivity index (χ2n) is 4.42. The molecule has 0 heterocycles. The van der Waals surface area contributed by atoms with Gasteiger partial charge in [0.1, 0.15) is 6.29 Å². The Hall–Kier alpha value is -1.97. The van der Waals surface area contributed by atoms with Gasteiger partial charge in [-0.1, -0.05) is 60.7 Å². The summed E-state index contributed by atoms with van der Waals surface area (Å²) in [5, 5.41) is 20.4. The number of aldehydes is 1. The Kier molecular flexibility index (Phi) is 4.44. The van der Waals surface area contributed by atoms with E-state index in [0.29, 0.717) is 17.4 Å². The van der Waals surface area contributed by atoms with Gasteiger partial charge in [0.05, 0.1) is 18.1 Å². The van der Waals surface area contributed by atoms with E-state index in [1.807, 2.05) is 12.1 Å². The minimum atomic E-state index is -1.02. The summed E-state index contributed by atoms with van der Waals surface area (Å²) in [6.07, 6.45) is -1.43. The molecule has 2 aromatic carbocycles. The molecule has 0 fully saturated rings. The molecule has 2 rings (SSSR count). The van der Waals surface area contributed by atoms with Gasteiger partial charge in [0.2, 0.25) is 0 Å². The van der Waals surface area contributed by atoms with Crippen LogP contribution in [0.1, 0.15) is 23.3 Å². The Morgan fingerprint density at radius 2 is 1.11 bits per heavy atom. The third-order valence-corrected chi connectivity index (χ3v) is 3.17. The number of carbonyl (C=O) groups is 1. The van der Waals surface area contributed by atoms with Crippen LogP contribution >= 0.6 is 0 Å². The Morgan fingerprint density at radius 3 is 1.42 bits per heavy atom. The lowest BCUT2D eigenvalue weighted by Crippen LogP contribution is -2.22. The highest BCUT2D eigenvalue weighted by atomic mass is 16.3. The van der Waals surface area contributed by atoms with E-state index in [2.05, 4.69) is 0 Å². The first-order chi connectivity index (χ1) is 9.24.